The van der Waals surface area contributed by atoms with Crippen LogP contribution in [0.1, 0.15) is 97.0 Å². The molecule has 0 radical (unpaired) electrons. The Labute approximate surface area is 299 Å². The Bertz CT molecular complexity index is 1430. The van der Waals surface area contributed by atoms with Crippen LogP contribution in [0.3, 0.4) is 0 Å². The van der Waals surface area contributed by atoms with Crippen molar-refractivity contribution in [2.24, 2.45) is 5.92 Å². The summed E-state index contributed by atoms with van der Waals surface area (Å²) in [6.45, 7) is 13.7. The van der Waals surface area contributed by atoms with Crippen LogP contribution in [-0.2, 0) is 30.5 Å². The molecule has 1 aliphatic rings. The first-order chi connectivity index (χ1) is 23.7. The summed E-state index contributed by atoms with van der Waals surface area (Å²) in [4.78, 5) is 94.7. The van der Waals surface area contributed by atoms with Crippen LogP contribution in [0.4, 0.5) is 4.79 Å². The van der Waals surface area contributed by atoms with Crippen molar-refractivity contribution in [2.75, 3.05) is 6.54 Å². The zero-order chi connectivity index (χ0) is 38.6. The first-order valence-electron chi connectivity index (χ1n) is 17.3. The van der Waals surface area contributed by atoms with Gasteiger partial charge in [-0.2, -0.15) is 0 Å². The number of urea groups is 1. The van der Waals surface area contributed by atoms with Crippen LogP contribution in [-0.4, -0.2) is 105 Å². The summed E-state index contributed by atoms with van der Waals surface area (Å²) in [5, 5.41) is 35.9. The summed E-state index contributed by atoms with van der Waals surface area (Å²) in [5.41, 5.74) is 0.00547. The highest BCUT2D eigenvalue weighted by molar-refractivity contribution is 5.99. The van der Waals surface area contributed by atoms with Gasteiger partial charge in [0.2, 0.25) is 23.6 Å². The molecule has 8 N–H and O–H groups in total. The van der Waals surface area contributed by atoms with Gasteiger partial charge >= 0.3 is 12.0 Å². The molecule has 0 saturated carbocycles. The van der Waals surface area contributed by atoms with Crippen LogP contribution in [0.25, 0.3) is 0 Å². The number of hydrogen-bond donors (Lipinski definition) is 8. The number of aliphatic carboxylic acids is 1. The van der Waals surface area contributed by atoms with E-state index in [1.54, 1.807) is 32.9 Å². The lowest BCUT2D eigenvalue weighted by atomic mass is 10.0. The van der Waals surface area contributed by atoms with Crippen molar-refractivity contribution < 1.29 is 43.8 Å². The van der Waals surface area contributed by atoms with Gasteiger partial charge in [-0.3, -0.25) is 28.8 Å². The Kier molecular flexibility index (Phi) is 15.8. The van der Waals surface area contributed by atoms with Crippen LogP contribution in [0.2, 0.25) is 0 Å². The zero-order valence-corrected chi connectivity index (χ0v) is 30.8. The highest BCUT2D eigenvalue weighted by Gasteiger charge is 2.39. The number of benzene rings is 1. The molecule has 0 spiro atoms. The molecular weight excluding hydrogens is 662 g/mol. The molecule has 2 rings (SSSR count). The second kappa shape index (κ2) is 19.0. The van der Waals surface area contributed by atoms with Crippen molar-refractivity contribution in [1.29, 1.82) is 0 Å². The molecule has 0 aromatic heterocycles. The number of aliphatic hydroxyl groups excluding tert-OH is 1. The second-order valence-corrected chi connectivity index (χ2v) is 14.4. The summed E-state index contributed by atoms with van der Waals surface area (Å²) >= 11 is 0. The van der Waals surface area contributed by atoms with E-state index in [0.29, 0.717) is 18.4 Å². The lowest BCUT2D eigenvalue weighted by Crippen LogP contribution is -2.65. The lowest BCUT2D eigenvalue weighted by Gasteiger charge is -2.37. The van der Waals surface area contributed by atoms with Gasteiger partial charge in [0.1, 0.15) is 24.2 Å². The van der Waals surface area contributed by atoms with Crippen LogP contribution in [0, 0.1) is 5.92 Å². The number of amides is 7. The number of carbonyl (C=O) groups excluding carboxylic acids is 6. The van der Waals surface area contributed by atoms with Gasteiger partial charge in [0, 0.05) is 24.2 Å². The molecule has 7 amide bonds. The summed E-state index contributed by atoms with van der Waals surface area (Å²) in [6.07, 6.45) is -1.05. The highest BCUT2D eigenvalue weighted by Crippen LogP contribution is 2.14. The Hall–Kier alpha value is -4.73. The first-order valence-corrected chi connectivity index (χ1v) is 17.3. The number of nitrogens with one attached hydrogen (secondary N) is 6. The van der Waals surface area contributed by atoms with Gasteiger partial charge in [-0.1, -0.05) is 39.3 Å². The average Bonchev–Trinajstić information content (AvgIpc) is 3.01. The van der Waals surface area contributed by atoms with Gasteiger partial charge in [0.25, 0.3) is 5.91 Å². The summed E-state index contributed by atoms with van der Waals surface area (Å²) in [7, 11) is 0. The highest BCUT2D eigenvalue weighted by atomic mass is 16.4. The van der Waals surface area contributed by atoms with Gasteiger partial charge in [0.05, 0.1) is 18.6 Å². The molecule has 284 valence electrons. The molecule has 51 heavy (non-hydrogen) atoms. The minimum Gasteiger partial charge on any atom is -0.481 e. The molecule has 6 atom stereocenters. The summed E-state index contributed by atoms with van der Waals surface area (Å²) in [6, 6.07) is -1.09. The maximum absolute atomic E-state index is 13.8. The van der Waals surface area contributed by atoms with Gasteiger partial charge in [-0.05, 0) is 71.1 Å². The lowest BCUT2D eigenvalue weighted by molar-refractivity contribution is -0.141. The fraction of sp³-hybridized carbons (Fsp3) is 0.629. The topological polar surface area (TPSA) is 235 Å². The third kappa shape index (κ3) is 13.5. The predicted octanol–water partition coefficient (Wildman–Crippen LogP) is 0.770. The standard InChI is InChI=1S/C35H55N7O9/c1-9-10-14-42-28(33(50)41-35(6,7)8)20(4)37-32(49)27(21(5)43)40-31(48)25(17-26(44)45)39-30(47)24(15-19(2)3)38-29(46)23-13-11-12-22(16-23)18-36-34(42)51/h11-13,16,19-21,24-25,27-28,43H,9-10,14-15,17-18H2,1-8H3,(H,36,51)(H,37,49)(H,38,46)(H,39,47)(H,40,48)(H,41,50)(H,44,45)/t20-,21+,24-,25-,27-,28-/m0/s1. The zero-order valence-electron chi connectivity index (χ0n) is 30.8. The van der Waals surface area contributed by atoms with Crippen molar-refractivity contribution in [1.82, 2.24) is 36.8 Å². The van der Waals surface area contributed by atoms with Crippen molar-refractivity contribution in [3.8, 4) is 0 Å². The van der Waals surface area contributed by atoms with E-state index in [9.17, 15) is 43.8 Å². The predicted molar refractivity (Wildman–Crippen MR) is 188 cm³/mol. The number of fused-ring (bicyclic) bond motifs is 2. The molecule has 1 aliphatic heterocycles. The number of carbonyl (C=O) groups is 7. The fourth-order valence-electron chi connectivity index (χ4n) is 5.53. The van der Waals surface area contributed by atoms with Crippen LogP contribution < -0.4 is 31.9 Å². The molecule has 0 aliphatic carbocycles. The number of nitrogens with zero attached hydrogens (tertiary/aromatic N) is 1. The van der Waals surface area contributed by atoms with Crippen molar-refractivity contribution in [3.63, 3.8) is 0 Å². The summed E-state index contributed by atoms with van der Waals surface area (Å²) < 4.78 is 0. The number of carboxylic acid groups (broad SMARTS) is 1. The van der Waals surface area contributed by atoms with E-state index >= 15 is 0 Å². The number of carboxylic acids is 1. The smallest absolute Gasteiger partial charge is 0.318 e. The van der Waals surface area contributed by atoms with Gasteiger partial charge in [0.15, 0.2) is 0 Å². The molecule has 0 saturated heterocycles. The minimum atomic E-state index is -1.69. The molecule has 16 nitrogen and oxygen atoms in total. The molecule has 0 unspecified atom stereocenters. The Balaban J connectivity index is 2.71. The molecular formula is C35H55N7O9. The van der Waals surface area contributed by atoms with E-state index in [0.717, 1.165) is 0 Å². The van der Waals surface area contributed by atoms with E-state index in [4.69, 9.17) is 0 Å². The Morgan fingerprint density at radius 2 is 1.61 bits per heavy atom. The van der Waals surface area contributed by atoms with E-state index in [-0.39, 0.29) is 31.0 Å². The number of aliphatic hydroxyl groups is 1. The maximum Gasteiger partial charge on any atom is 0.318 e. The van der Waals surface area contributed by atoms with Crippen molar-refractivity contribution >= 4 is 41.5 Å². The minimum absolute atomic E-state index is 0.0279. The monoisotopic (exact) mass is 717 g/mol. The first kappa shape index (κ1) is 42.4. The number of hydrogen-bond acceptors (Lipinski definition) is 8. The molecule has 2 bridgehead atoms. The summed E-state index contributed by atoms with van der Waals surface area (Å²) in [5.74, 6) is -5.57. The SMILES string of the molecule is CCCCN1C(=O)NCc2cccc(c2)C(=O)N[C@@H](CC(C)C)C(=O)N[C@@H](CC(=O)O)C(=O)N[C@@H]([C@@H](C)O)C(=O)N[C@@H](C)[C@H]1C(=O)NC(C)(C)C. The molecule has 0 fully saturated rings. The Morgan fingerprint density at radius 3 is 2.18 bits per heavy atom. The third-order valence-electron chi connectivity index (χ3n) is 8.00. The van der Waals surface area contributed by atoms with E-state index < -0.39 is 89.8 Å². The number of unbranched alkanes of at least 4 members (excludes halogenated alkanes) is 1. The van der Waals surface area contributed by atoms with Crippen LogP contribution >= 0.6 is 0 Å². The largest absolute Gasteiger partial charge is 0.481 e. The van der Waals surface area contributed by atoms with E-state index in [1.807, 2.05) is 20.8 Å². The normalized spacial score (nSPS) is 23.6. The number of rotatable bonds is 9. The van der Waals surface area contributed by atoms with Gasteiger partial charge in [-0.25, -0.2) is 4.79 Å². The average molecular weight is 718 g/mol. The van der Waals surface area contributed by atoms with E-state index in [2.05, 4.69) is 31.9 Å². The fourth-order valence-corrected chi connectivity index (χ4v) is 5.53. The van der Waals surface area contributed by atoms with Crippen LogP contribution in [0.5, 0.6) is 0 Å². The molecule has 1 aromatic carbocycles. The van der Waals surface area contributed by atoms with Crippen molar-refractivity contribution in [2.45, 2.75) is 129 Å². The molecule has 1 aromatic rings. The quantitative estimate of drug-likeness (QED) is 0.180. The van der Waals surface area contributed by atoms with Crippen LogP contribution in [0.15, 0.2) is 24.3 Å². The molecule has 16 heteroatoms. The van der Waals surface area contributed by atoms with E-state index in [1.165, 1.54) is 30.9 Å². The van der Waals surface area contributed by atoms with Crippen molar-refractivity contribution in [3.05, 3.63) is 35.4 Å². The third-order valence-corrected chi connectivity index (χ3v) is 8.00. The van der Waals surface area contributed by atoms with Gasteiger partial charge in [-0.15, -0.1) is 0 Å². The Morgan fingerprint density at radius 1 is 0.961 bits per heavy atom. The maximum atomic E-state index is 13.8. The molecule has 1 heterocycles. The second-order valence-electron chi connectivity index (χ2n) is 14.4. The van der Waals surface area contributed by atoms with Gasteiger partial charge < -0.3 is 47.0 Å².